The van der Waals surface area contributed by atoms with Gasteiger partial charge in [-0.3, -0.25) is 0 Å². The molecule has 3 heteroatoms. The molecule has 0 radical (unpaired) electrons. The Morgan fingerprint density at radius 3 is 1.79 bits per heavy atom. The van der Waals surface area contributed by atoms with Crippen LogP contribution in [0.15, 0.2) is 0 Å². The van der Waals surface area contributed by atoms with E-state index in [1.165, 1.54) is 116 Å². The van der Waals surface area contributed by atoms with Crippen LogP contribution in [0.25, 0.3) is 0 Å². The average molecular weight is 409 g/mol. The monoisotopic (exact) mass is 408 g/mol. The number of hydrogen-bond donors (Lipinski definition) is 0. The van der Waals surface area contributed by atoms with Gasteiger partial charge in [0, 0.05) is 39.3 Å². The Balaban J connectivity index is 1.57. The van der Waals surface area contributed by atoms with E-state index in [1.54, 1.807) is 0 Å². The summed E-state index contributed by atoms with van der Waals surface area (Å²) in [6.45, 7) is 17.0. The summed E-state index contributed by atoms with van der Waals surface area (Å²) in [6.07, 6.45) is 17.1. The highest BCUT2D eigenvalue weighted by atomic mass is 16.5. The first-order valence-corrected chi connectivity index (χ1v) is 13.2. The molecular weight excluding hydrogens is 356 g/mol. The molecule has 3 nitrogen and oxygen atoms in total. The summed E-state index contributed by atoms with van der Waals surface area (Å²) in [5.74, 6) is 1.76. The molecule has 0 aromatic carbocycles. The van der Waals surface area contributed by atoms with Crippen LogP contribution in [0, 0.1) is 11.8 Å². The normalized spacial score (nSPS) is 22.8. The lowest BCUT2D eigenvalue weighted by atomic mass is 9.97. The first-order chi connectivity index (χ1) is 14.1. The summed E-state index contributed by atoms with van der Waals surface area (Å²) in [4.78, 5) is 5.41. The third kappa shape index (κ3) is 10.2. The summed E-state index contributed by atoms with van der Waals surface area (Å²) in [7, 11) is 0. The van der Waals surface area contributed by atoms with Crippen molar-refractivity contribution in [3.05, 3.63) is 0 Å². The molecule has 2 heterocycles. The number of unbranched alkanes of at least 4 members (excludes halogenated alkanes) is 3. The van der Waals surface area contributed by atoms with Gasteiger partial charge in [-0.2, -0.15) is 0 Å². The van der Waals surface area contributed by atoms with E-state index < -0.39 is 0 Å². The van der Waals surface area contributed by atoms with Crippen LogP contribution >= 0.6 is 0 Å². The van der Waals surface area contributed by atoms with Gasteiger partial charge in [-0.15, -0.1) is 0 Å². The van der Waals surface area contributed by atoms with Gasteiger partial charge in [0.25, 0.3) is 0 Å². The molecular formula is C26H52N2O. The molecule has 2 rings (SSSR count). The van der Waals surface area contributed by atoms with Gasteiger partial charge in [-0.05, 0) is 50.4 Å². The van der Waals surface area contributed by atoms with Crippen molar-refractivity contribution in [1.82, 2.24) is 9.80 Å². The van der Waals surface area contributed by atoms with Crippen molar-refractivity contribution in [2.75, 3.05) is 39.3 Å². The van der Waals surface area contributed by atoms with E-state index in [0.717, 1.165) is 11.8 Å². The number of hydrogen-bond acceptors (Lipinski definition) is 3. The maximum atomic E-state index is 6.56. The molecule has 2 saturated heterocycles. The fourth-order valence-corrected chi connectivity index (χ4v) is 5.29. The zero-order valence-electron chi connectivity index (χ0n) is 20.3. The number of piperidine rings is 2. The molecule has 172 valence electrons. The van der Waals surface area contributed by atoms with E-state index in [4.69, 9.17) is 4.74 Å². The molecule has 2 unspecified atom stereocenters. The van der Waals surface area contributed by atoms with Crippen molar-refractivity contribution < 1.29 is 4.74 Å². The Bertz CT molecular complexity index is 386. The average Bonchev–Trinajstić information content (AvgIpc) is 2.74. The highest BCUT2D eigenvalue weighted by molar-refractivity contribution is 4.79. The highest BCUT2D eigenvalue weighted by Crippen LogP contribution is 2.23. The standard InChI is InChI=1S/C26H52N2O/c1-5-8-10-11-23(4)21-27-17-13-25(14-18-27)29-26-15-19-28(20-16-26)22-24(7-3)12-9-6-2/h23-26H,5-22H2,1-4H3. The first-order valence-electron chi connectivity index (χ1n) is 13.2. The van der Waals surface area contributed by atoms with Crippen LogP contribution in [-0.4, -0.2) is 61.3 Å². The summed E-state index contributed by atoms with van der Waals surface area (Å²) in [5, 5.41) is 0. The third-order valence-corrected chi connectivity index (χ3v) is 7.38. The molecule has 2 aliphatic heterocycles. The van der Waals surface area contributed by atoms with Gasteiger partial charge in [0.05, 0.1) is 12.2 Å². The lowest BCUT2D eigenvalue weighted by Gasteiger charge is -2.38. The van der Waals surface area contributed by atoms with Crippen molar-refractivity contribution in [1.29, 1.82) is 0 Å². The van der Waals surface area contributed by atoms with E-state index in [9.17, 15) is 0 Å². The number of rotatable bonds is 14. The number of ether oxygens (including phenoxy) is 1. The number of likely N-dealkylation sites (tertiary alicyclic amines) is 2. The molecule has 0 aromatic rings. The van der Waals surface area contributed by atoms with Crippen LogP contribution < -0.4 is 0 Å². The largest absolute Gasteiger partial charge is 0.375 e. The van der Waals surface area contributed by atoms with Crippen LogP contribution in [-0.2, 0) is 4.74 Å². The second-order valence-corrected chi connectivity index (χ2v) is 10.2. The van der Waals surface area contributed by atoms with Gasteiger partial charge in [0.2, 0.25) is 0 Å². The summed E-state index contributed by atoms with van der Waals surface area (Å²) in [5.41, 5.74) is 0. The molecule has 0 N–H and O–H groups in total. The Morgan fingerprint density at radius 2 is 1.28 bits per heavy atom. The van der Waals surface area contributed by atoms with Crippen LogP contribution in [0.3, 0.4) is 0 Å². The van der Waals surface area contributed by atoms with E-state index >= 15 is 0 Å². The van der Waals surface area contributed by atoms with Crippen LogP contribution in [0.5, 0.6) is 0 Å². The number of nitrogens with zero attached hydrogens (tertiary/aromatic N) is 2. The van der Waals surface area contributed by atoms with Gasteiger partial charge in [0.15, 0.2) is 0 Å². The molecule has 0 bridgehead atoms. The minimum absolute atomic E-state index is 0.520. The van der Waals surface area contributed by atoms with Crippen molar-refractivity contribution >= 4 is 0 Å². The van der Waals surface area contributed by atoms with Gasteiger partial charge < -0.3 is 14.5 Å². The zero-order chi connectivity index (χ0) is 20.9. The molecule has 0 spiro atoms. The lowest BCUT2D eigenvalue weighted by molar-refractivity contribution is -0.0670. The lowest BCUT2D eigenvalue weighted by Crippen LogP contribution is -2.43. The molecule has 0 aliphatic carbocycles. The predicted molar refractivity (Wildman–Crippen MR) is 127 cm³/mol. The molecule has 0 amide bonds. The van der Waals surface area contributed by atoms with Crippen molar-refractivity contribution in [2.45, 2.75) is 117 Å². The summed E-state index contributed by atoms with van der Waals surface area (Å²) < 4.78 is 6.56. The molecule has 29 heavy (non-hydrogen) atoms. The molecule has 0 aromatic heterocycles. The minimum Gasteiger partial charge on any atom is -0.375 e. The SMILES string of the molecule is CCCCCC(C)CN1CCC(OC2CCN(CC(CC)CCCC)CC2)CC1. The quantitative estimate of drug-likeness (QED) is 0.311. The highest BCUT2D eigenvalue weighted by Gasteiger charge is 2.26. The van der Waals surface area contributed by atoms with Crippen molar-refractivity contribution in [3.63, 3.8) is 0 Å². The minimum atomic E-state index is 0.520. The van der Waals surface area contributed by atoms with E-state index in [1.807, 2.05) is 0 Å². The predicted octanol–water partition coefficient (Wildman–Crippen LogP) is 6.36. The summed E-state index contributed by atoms with van der Waals surface area (Å²) >= 11 is 0. The van der Waals surface area contributed by atoms with Crippen LogP contribution in [0.2, 0.25) is 0 Å². The Morgan fingerprint density at radius 1 is 0.724 bits per heavy atom. The fraction of sp³-hybridized carbons (Fsp3) is 1.00. The third-order valence-electron chi connectivity index (χ3n) is 7.38. The maximum absolute atomic E-state index is 6.56. The topological polar surface area (TPSA) is 15.7 Å². The molecule has 2 fully saturated rings. The zero-order valence-corrected chi connectivity index (χ0v) is 20.3. The Kier molecular flexibility index (Phi) is 12.8. The van der Waals surface area contributed by atoms with Gasteiger partial charge in [-0.1, -0.05) is 66.2 Å². The fourth-order valence-electron chi connectivity index (χ4n) is 5.29. The molecule has 2 atom stereocenters. The molecule has 2 aliphatic rings. The first kappa shape index (κ1) is 25.1. The summed E-state index contributed by atoms with van der Waals surface area (Å²) in [6, 6.07) is 0. The van der Waals surface area contributed by atoms with Crippen molar-refractivity contribution in [2.24, 2.45) is 11.8 Å². The van der Waals surface area contributed by atoms with Crippen LogP contribution in [0.4, 0.5) is 0 Å². The Hall–Kier alpha value is -0.120. The van der Waals surface area contributed by atoms with Gasteiger partial charge >= 0.3 is 0 Å². The van der Waals surface area contributed by atoms with Gasteiger partial charge in [-0.25, -0.2) is 0 Å². The van der Waals surface area contributed by atoms with Crippen molar-refractivity contribution in [3.8, 4) is 0 Å². The Labute approximate surface area is 182 Å². The second-order valence-electron chi connectivity index (χ2n) is 10.2. The maximum Gasteiger partial charge on any atom is 0.0603 e. The van der Waals surface area contributed by atoms with E-state index in [2.05, 4.69) is 37.5 Å². The smallest absolute Gasteiger partial charge is 0.0603 e. The second kappa shape index (κ2) is 14.8. The van der Waals surface area contributed by atoms with E-state index in [0.29, 0.717) is 12.2 Å². The van der Waals surface area contributed by atoms with Crippen LogP contribution in [0.1, 0.15) is 105 Å². The molecule has 0 saturated carbocycles. The van der Waals surface area contributed by atoms with Gasteiger partial charge in [0.1, 0.15) is 0 Å². The van der Waals surface area contributed by atoms with E-state index in [-0.39, 0.29) is 0 Å².